The fourth-order valence-corrected chi connectivity index (χ4v) is 3.09. The molecule has 0 spiro atoms. The lowest BCUT2D eigenvalue weighted by Gasteiger charge is -2.13. The average Bonchev–Trinajstić information content (AvgIpc) is 2.77. The van der Waals surface area contributed by atoms with Crippen LogP contribution in [0.2, 0.25) is 0 Å². The lowest BCUT2D eigenvalue weighted by molar-refractivity contribution is 0.0827. The van der Waals surface area contributed by atoms with Crippen molar-refractivity contribution in [1.82, 2.24) is 15.5 Å². The Morgan fingerprint density at radius 2 is 1.72 bits per heavy atom. The third kappa shape index (κ3) is 9.89. The molecule has 0 heterocycles. The fourth-order valence-electron chi connectivity index (χ4n) is 3.09. The van der Waals surface area contributed by atoms with Gasteiger partial charge in [-0.3, -0.25) is 9.79 Å². The molecule has 0 unspecified atom stereocenters. The minimum absolute atomic E-state index is 0. The highest BCUT2D eigenvalue weighted by molar-refractivity contribution is 14.0. The number of hydrogen-bond donors (Lipinski definition) is 2. The summed E-state index contributed by atoms with van der Waals surface area (Å²) in [5.74, 6) is 1.75. The topological polar surface area (TPSA) is 66.0 Å². The van der Waals surface area contributed by atoms with E-state index < -0.39 is 0 Å². The molecule has 6 nitrogen and oxygen atoms in total. The van der Waals surface area contributed by atoms with Crippen molar-refractivity contribution in [2.75, 3.05) is 40.3 Å². The van der Waals surface area contributed by atoms with Crippen molar-refractivity contribution in [1.29, 1.82) is 0 Å². The molecular weight excluding hydrogens is 515 g/mol. The molecule has 7 heteroatoms. The first kappa shape index (κ1) is 27.7. The molecule has 1 amide bonds. The van der Waals surface area contributed by atoms with E-state index in [2.05, 4.69) is 36.6 Å². The van der Waals surface area contributed by atoms with Gasteiger partial charge in [0.1, 0.15) is 5.75 Å². The molecule has 0 aliphatic carbocycles. The number of amides is 1. The van der Waals surface area contributed by atoms with E-state index in [-0.39, 0.29) is 29.9 Å². The Kier molecular flexibility index (Phi) is 13.4. The van der Waals surface area contributed by atoms with Crippen LogP contribution in [0.3, 0.4) is 0 Å². The Labute approximate surface area is 209 Å². The molecule has 0 atom stereocenters. The summed E-state index contributed by atoms with van der Waals surface area (Å²) in [6, 6.07) is 16.0. The molecule has 0 saturated carbocycles. The smallest absolute Gasteiger partial charge is 0.253 e. The van der Waals surface area contributed by atoms with Crippen molar-refractivity contribution in [3.63, 3.8) is 0 Å². The number of carbonyl (C=O) groups excluding carboxylic acids is 1. The van der Waals surface area contributed by atoms with Crippen molar-refractivity contribution >= 4 is 35.8 Å². The Hall–Kier alpha value is -2.29. The molecule has 2 rings (SSSR count). The number of ether oxygens (including phenoxy) is 1. The van der Waals surface area contributed by atoms with E-state index in [0.29, 0.717) is 12.1 Å². The highest BCUT2D eigenvalue weighted by Gasteiger charge is 2.08. The molecular formula is C25H37IN4O2. The molecule has 0 radical (unpaired) electrons. The van der Waals surface area contributed by atoms with E-state index in [1.165, 1.54) is 5.56 Å². The predicted molar refractivity (Wildman–Crippen MR) is 143 cm³/mol. The molecule has 0 aliphatic heterocycles. The average molecular weight is 553 g/mol. The van der Waals surface area contributed by atoms with Gasteiger partial charge in [0.05, 0.1) is 6.61 Å². The van der Waals surface area contributed by atoms with E-state index in [9.17, 15) is 4.79 Å². The monoisotopic (exact) mass is 552 g/mol. The highest BCUT2D eigenvalue weighted by atomic mass is 127. The van der Waals surface area contributed by atoms with Crippen molar-refractivity contribution in [3.8, 4) is 5.75 Å². The zero-order valence-corrected chi connectivity index (χ0v) is 22.0. The van der Waals surface area contributed by atoms with Crippen LogP contribution in [0.5, 0.6) is 5.75 Å². The number of aliphatic imine (C=N–C) groups is 1. The first-order valence-corrected chi connectivity index (χ1v) is 11.1. The van der Waals surface area contributed by atoms with Gasteiger partial charge in [-0.15, -0.1) is 24.0 Å². The second-order valence-corrected chi connectivity index (χ2v) is 7.58. The summed E-state index contributed by atoms with van der Waals surface area (Å²) >= 11 is 0. The molecule has 2 N–H and O–H groups in total. The first-order valence-electron chi connectivity index (χ1n) is 11.1. The van der Waals surface area contributed by atoms with Gasteiger partial charge < -0.3 is 20.3 Å². The summed E-state index contributed by atoms with van der Waals surface area (Å²) in [5.41, 5.74) is 3.06. The van der Waals surface area contributed by atoms with Crippen LogP contribution in [-0.2, 0) is 12.8 Å². The number of rotatable bonds is 11. The van der Waals surface area contributed by atoms with Crippen molar-refractivity contribution in [3.05, 3.63) is 65.2 Å². The van der Waals surface area contributed by atoms with Crippen LogP contribution >= 0.6 is 24.0 Å². The number of carbonyl (C=O) groups is 1. The van der Waals surface area contributed by atoms with Crippen LogP contribution in [0.15, 0.2) is 53.5 Å². The molecule has 0 saturated heterocycles. The SMILES string of the molecule is CCCOc1cccc(CCN=C(NCC)NCCc2cccc(C(=O)N(C)C)c2)c1.I. The third-order valence-electron chi connectivity index (χ3n) is 4.67. The van der Waals surface area contributed by atoms with Gasteiger partial charge in [-0.2, -0.15) is 0 Å². The van der Waals surface area contributed by atoms with Gasteiger partial charge in [0.2, 0.25) is 0 Å². The van der Waals surface area contributed by atoms with Crippen LogP contribution in [0.1, 0.15) is 41.8 Å². The molecule has 0 fully saturated rings. The van der Waals surface area contributed by atoms with E-state index in [0.717, 1.165) is 56.2 Å². The van der Waals surface area contributed by atoms with E-state index in [1.54, 1.807) is 19.0 Å². The van der Waals surface area contributed by atoms with Crippen LogP contribution in [0.4, 0.5) is 0 Å². The second-order valence-electron chi connectivity index (χ2n) is 7.58. The number of guanidine groups is 1. The maximum Gasteiger partial charge on any atom is 0.253 e. The quantitative estimate of drug-likeness (QED) is 0.250. The summed E-state index contributed by atoms with van der Waals surface area (Å²) in [7, 11) is 3.54. The maximum absolute atomic E-state index is 12.1. The summed E-state index contributed by atoms with van der Waals surface area (Å²) in [6.07, 6.45) is 2.67. The maximum atomic E-state index is 12.1. The van der Waals surface area contributed by atoms with Gasteiger partial charge >= 0.3 is 0 Å². The van der Waals surface area contributed by atoms with Crippen LogP contribution in [-0.4, -0.2) is 57.1 Å². The Morgan fingerprint density at radius 3 is 2.41 bits per heavy atom. The minimum atomic E-state index is 0. The first-order chi connectivity index (χ1) is 15.0. The molecule has 2 aromatic carbocycles. The fraction of sp³-hybridized carbons (Fsp3) is 0.440. The number of hydrogen-bond acceptors (Lipinski definition) is 3. The Bertz CT molecular complexity index is 855. The van der Waals surface area contributed by atoms with E-state index in [1.807, 2.05) is 36.4 Å². The van der Waals surface area contributed by atoms with E-state index in [4.69, 9.17) is 9.73 Å². The molecule has 0 bridgehead atoms. The van der Waals surface area contributed by atoms with Crippen LogP contribution < -0.4 is 15.4 Å². The highest BCUT2D eigenvalue weighted by Crippen LogP contribution is 2.14. The zero-order valence-electron chi connectivity index (χ0n) is 19.7. The summed E-state index contributed by atoms with van der Waals surface area (Å²) in [6.45, 7) is 7.14. The number of halogens is 1. The van der Waals surface area contributed by atoms with Crippen LogP contribution in [0.25, 0.3) is 0 Å². The molecule has 0 aliphatic rings. The standard InChI is InChI=1S/C25H36N4O2.HI/c1-5-17-31-23-12-8-10-21(19-23)14-16-28-25(26-6-2)27-15-13-20-9-7-11-22(18-20)24(30)29(3)4;/h7-12,18-19H,5-6,13-17H2,1-4H3,(H2,26,27,28);1H. The third-order valence-corrected chi connectivity index (χ3v) is 4.67. The predicted octanol–water partition coefficient (Wildman–Crippen LogP) is 4.14. The Morgan fingerprint density at radius 1 is 1.00 bits per heavy atom. The molecule has 176 valence electrons. The summed E-state index contributed by atoms with van der Waals surface area (Å²) < 4.78 is 5.71. The Balaban J connectivity index is 0.00000512. The normalized spacial score (nSPS) is 10.8. The molecule has 2 aromatic rings. The lowest BCUT2D eigenvalue weighted by atomic mass is 10.1. The van der Waals surface area contributed by atoms with Crippen molar-refractivity contribution in [2.24, 2.45) is 4.99 Å². The molecule has 0 aromatic heterocycles. The number of benzene rings is 2. The largest absolute Gasteiger partial charge is 0.494 e. The van der Waals surface area contributed by atoms with E-state index >= 15 is 0 Å². The second kappa shape index (κ2) is 15.5. The van der Waals surface area contributed by atoms with Crippen molar-refractivity contribution in [2.45, 2.75) is 33.1 Å². The lowest BCUT2D eigenvalue weighted by Crippen LogP contribution is -2.38. The van der Waals surface area contributed by atoms with Crippen molar-refractivity contribution < 1.29 is 9.53 Å². The number of nitrogens with one attached hydrogen (secondary N) is 2. The zero-order chi connectivity index (χ0) is 22.5. The van der Waals surface area contributed by atoms with Gasteiger partial charge in [0.25, 0.3) is 5.91 Å². The summed E-state index contributed by atoms with van der Waals surface area (Å²) in [4.78, 5) is 18.4. The number of nitrogens with zero attached hydrogens (tertiary/aromatic N) is 2. The summed E-state index contributed by atoms with van der Waals surface area (Å²) in [5, 5.41) is 6.68. The molecule has 32 heavy (non-hydrogen) atoms. The van der Waals surface area contributed by atoms with Gasteiger partial charge in [-0.25, -0.2) is 0 Å². The van der Waals surface area contributed by atoms with Gasteiger partial charge in [0, 0.05) is 39.3 Å². The van der Waals surface area contributed by atoms with Gasteiger partial charge in [-0.1, -0.05) is 31.2 Å². The van der Waals surface area contributed by atoms with Gasteiger partial charge in [-0.05, 0) is 61.6 Å². The van der Waals surface area contributed by atoms with Gasteiger partial charge in [0.15, 0.2) is 5.96 Å². The minimum Gasteiger partial charge on any atom is -0.494 e. The van der Waals surface area contributed by atoms with Crippen LogP contribution in [0, 0.1) is 0 Å².